The monoisotopic (exact) mass is 429 g/mol. The summed E-state index contributed by atoms with van der Waals surface area (Å²) in [6.45, 7) is 0. The van der Waals surface area contributed by atoms with Crippen molar-refractivity contribution in [2.45, 2.75) is 37.6 Å². The first-order chi connectivity index (χ1) is 14.4. The number of carboxylic acids is 1. The lowest BCUT2D eigenvalue weighted by molar-refractivity contribution is -0.168. The highest BCUT2D eigenvalue weighted by molar-refractivity contribution is 6.33. The summed E-state index contributed by atoms with van der Waals surface area (Å²) in [5.74, 6) is 0.275. The SMILES string of the molecule is COc1cccc(Nc2cnn(C34CC5CC(CC(C5)C3C(=O)O)C4)c(=O)c2Cl)c1. The van der Waals surface area contributed by atoms with Crippen molar-refractivity contribution < 1.29 is 14.6 Å². The number of hydrogen-bond donors (Lipinski definition) is 2. The zero-order valence-corrected chi connectivity index (χ0v) is 17.4. The summed E-state index contributed by atoms with van der Waals surface area (Å²) in [5.41, 5.74) is -0.107. The molecule has 0 radical (unpaired) electrons. The van der Waals surface area contributed by atoms with Gasteiger partial charge in [0.15, 0.2) is 0 Å². The number of ether oxygens (including phenoxy) is 1. The molecule has 4 aliphatic carbocycles. The Bertz CT molecular complexity index is 1050. The van der Waals surface area contributed by atoms with Crippen LogP contribution in [0.1, 0.15) is 32.1 Å². The number of rotatable bonds is 5. The number of carboxylic acid groups (broad SMARTS) is 1. The van der Waals surface area contributed by atoms with E-state index in [1.165, 1.54) is 10.9 Å². The van der Waals surface area contributed by atoms with E-state index in [4.69, 9.17) is 16.3 Å². The van der Waals surface area contributed by atoms with E-state index in [0.29, 0.717) is 41.8 Å². The molecule has 3 atom stereocenters. The predicted molar refractivity (Wildman–Crippen MR) is 112 cm³/mol. The number of carbonyl (C=O) groups is 1. The van der Waals surface area contributed by atoms with Gasteiger partial charge in [-0.15, -0.1) is 0 Å². The van der Waals surface area contributed by atoms with E-state index in [0.717, 1.165) is 19.3 Å². The molecule has 0 amide bonds. The average molecular weight is 430 g/mol. The normalized spacial score (nSPS) is 31.5. The van der Waals surface area contributed by atoms with Crippen molar-refractivity contribution in [3.8, 4) is 5.75 Å². The van der Waals surface area contributed by atoms with Crippen LogP contribution in [0.2, 0.25) is 5.02 Å². The van der Waals surface area contributed by atoms with Crippen LogP contribution in [0.25, 0.3) is 0 Å². The number of anilines is 2. The summed E-state index contributed by atoms with van der Waals surface area (Å²) in [5, 5.41) is 17.6. The van der Waals surface area contributed by atoms with Crippen LogP contribution in [0.15, 0.2) is 35.3 Å². The largest absolute Gasteiger partial charge is 0.497 e. The smallest absolute Gasteiger partial charge is 0.309 e. The number of nitrogens with zero attached hydrogens (tertiary/aromatic N) is 2. The van der Waals surface area contributed by atoms with Crippen molar-refractivity contribution in [1.29, 1.82) is 0 Å². The summed E-state index contributed by atoms with van der Waals surface area (Å²) in [6, 6.07) is 7.28. The van der Waals surface area contributed by atoms with Gasteiger partial charge in [-0.3, -0.25) is 9.59 Å². The minimum absolute atomic E-state index is 0.0210. The molecule has 1 heterocycles. The fourth-order valence-corrected chi connectivity index (χ4v) is 6.60. The van der Waals surface area contributed by atoms with Crippen LogP contribution < -0.4 is 15.6 Å². The number of halogens is 1. The summed E-state index contributed by atoms with van der Waals surface area (Å²) in [7, 11) is 1.58. The lowest BCUT2D eigenvalue weighted by atomic mass is 9.48. The molecule has 2 N–H and O–H groups in total. The topological polar surface area (TPSA) is 93.4 Å². The molecule has 7 nitrogen and oxygen atoms in total. The van der Waals surface area contributed by atoms with Gasteiger partial charge in [0.25, 0.3) is 5.56 Å². The van der Waals surface area contributed by atoms with Crippen LogP contribution in [0.4, 0.5) is 11.4 Å². The van der Waals surface area contributed by atoms with Gasteiger partial charge in [0, 0.05) is 11.8 Å². The molecule has 3 unspecified atom stereocenters. The van der Waals surface area contributed by atoms with Crippen LogP contribution in [0.5, 0.6) is 5.75 Å². The van der Waals surface area contributed by atoms with Gasteiger partial charge in [-0.05, 0) is 62.0 Å². The Kier molecular flexibility index (Phi) is 4.54. The Balaban J connectivity index is 1.54. The molecule has 4 bridgehead atoms. The van der Waals surface area contributed by atoms with Gasteiger partial charge in [-0.25, -0.2) is 4.68 Å². The van der Waals surface area contributed by atoms with Crippen molar-refractivity contribution in [2.75, 3.05) is 12.4 Å². The molecule has 4 saturated carbocycles. The second-order valence-corrected chi connectivity index (χ2v) is 9.35. The maximum absolute atomic E-state index is 13.3. The minimum Gasteiger partial charge on any atom is -0.497 e. The lowest BCUT2D eigenvalue weighted by Gasteiger charge is -2.59. The van der Waals surface area contributed by atoms with Crippen molar-refractivity contribution in [2.24, 2.45) is 23.7 Å². The van der Waals surface area contributed by atoms with E-state index in [-0.39, 0.29) is 10.9 Å². The van der Waals surface area contributed by atoms with E-state index >= 15 is 0 Å². The summed E-state index contributed by atoms with van der Waals surface area (Å²) in [4.78, 5) is 25.5. The molecule has 4 fully saturated rings. The predicted octanol–water partition coefficient (Wildman–Crippen LogP) is 3.88. The number of benzene rings is 1. The van der Waals surface area contributed by atoms with Gasteiger partial charge in [-0.1, -0.05) is 17.7 Å². The highest BCUT2D eigenvalue weighted by atomic mass is 35.5. The highest BCUT2D eigenvalue weighted by Gasteiger charge is 2.61. The van der Waals surface area contributed by atoms with E-state index in [9.17, 15) is 14.7 Å². The van der Waals surface area contributed by atoms with Gasteiger partial charge < -0.3 is 15.2 Å². The molecule has 0 saturated heterocycles. The van der Waals surface area contributed by atoms with Crippen molar-refractivity contribution >= 4 is 28.9 Å². The molecular formula is C22H24ClN3O4. The fourth-order valence-electron chi connectivity index (χ4n) is 6.43. The van der Waals surface area contributed by atoms with Crippen molar-refractivity contribution in [3.05, 3.63) is 45.8 Å². The minimum atomic E-state index is -0.831. The van der Waals surface area contributed by atoms with Gasteiger partial charge in [0.1, 0.15) is 10.8 Å². The average Bonchev–Trinajstić information content (AvgIpc) is 2.70. The Hall–Kier alpha value is -2.54. The van der Waals surface area contributed by atoms with Crippen LogP contribution in [-0.2, 0) is 10.3 Å². The third kappa shape index (κ3) is 2.90. The molecule has 0 spiro atoms. The first-order valence-electron chi connectivity index (χ1n) is 10.3. The van der Waals surface area contributed by atoms with Crippen molar-refractivity contribution in [1.82, 2.24) is 9.78 Å². The van der Waals surface area contributed by atoms with E-state index < -0.39 is 23.0 Å². The van der Waals surface area contributed by atoms with Crippen LogP contribution in [0, 0.1) is 23.7 Å². The number of aliphatic carboxylic acids is 1. The Morgan fingerprint density at radius 2 is 2.03 bits per heavy atom. The molecule has 2 aromatic rings. The summed E-state index contributed by atoms with van der Waals surface area (Å²) < 4.78 is 6.63. The van der Waals surface area contributed by atoms with Gasteiger partial charge in [0.05, 0.1) is 30.5 Å². The molecule has 1 aromatic carbocycles. The second-order valence-electron chi connectivity index (χ2n) is 8.97. The van der Waals surface area contributed by atoms with E-state index in [1.54, 1.807) is 13.2 Å². The first-order valence-corrected chi connectivity index (χ1v) is 10.7. The number of nitrogens with one attached hydrogen (secondary N) is 1. The maximum Gasteiger partial charge on any atom is 0.309 e. The maximum atomic E-state index is 13.3. The zero-order chi connectivity index (χ0) is 21.0. The van der Waals surface area contributed by atoms with Crippen LogP contribution in [-0.4, -0.2) is 28.0 Å². The lowest BCUT2D eigenvalue weighted by Crippen LogP contribution is -2.63. The summed E-state index contributed by atoms with van der Waals surface area (Å²) in [6.07, 6.45) is 5.90. The Morgan fingerprint density at radius 1 is 1.30 bits per heavy atom. The summed E-state index contributed by atoms with van der Waals surface area (Å²) >= 11 is 6.47. The molecule has 6 rings (SSSR count). The third-order valence-electron chi connectivity index (χ3n) is 7.23. The molecule has 4 aliphatic rings. The molecular weight excluding hydrogens is 406 g/mol. The first kappa shape index (κ1) is 19.4. The number of aromatic nitrogens is 2. The highest BCUT2D eigenvalue weighted by Crippen LogP contribution is 2.61. The van der Waals surface area contributed by atoms with E-state index in [1.807, 2.05) is 18.2 Å². The quantitative estimate of drug-likeness (QED) is 0.749. The third-order valence-corrected chi connectivity index (χ3v) is 7.59. The molecule has 8 heteroatoms. The molecule has 1 aromatic heterocycles. The van der Waals surface area contributed by atoms with Crippen LogP contribution >= 0.6 is 11.6 Å². The Morgan fingerprint density at radius 3 is 2.70 bits per heavy atom. The molecule has 30 heavy (non-hydrogen) atoms. The number of hydrogen-bond acceptors (Lipinski definition) is 5. The van der Waals surface area contributed by atoms with Gasteiger partial charge in [-0.2, -0.15) is 5.10 Å². The van der Waals surface area contributed by atoms with Crippen molar-refractivity contribution in [3.63, 3.8) is 0 Å². The molecule has 158 valence electrons. The van der Waals surface area contributed by atoms with Gasteiger partial charge >= 0.3 is 5.97 Å². The molecule has 0 aliphatic heterocycles. The Labute approximate surface area is 179 Å². The van der Waals surface area contributed by atoms with Gasteiger partial charge in [0.2, 0.25) is 0 Å². The number of methoxy groups -OCH3 is 1. The zero-order valence-electron chi connectivity index (χ0n) is 16.7. The standard InChI is InChI=1S/C22H24ClN3O4/c1-30-16-4-2-3-15(8-16)25-17-11-24-26(20(27)19(17)23)22-9-12-5-13(10-22)7-14(6-12)18(22)21(28)29/h2-4,8,11-14,18,25H,5-7,9-10H2,1H3,(H,28,29). The van der Waals surface area contributed by atoms with Crippen LogP contribution in [0.3, 0.4) is 0 Å². The fraction of sp³-hybridized carbons (Fsp3) is 0.500. The second kappa shape index (κ2) is 7.01. The van der Waals surface area contributed by atoms with E-state index in [2.05, 4.69) is 10.4 Å².